The maximum Gasteiger partial charge on any atom is 0.150 e. The monoisotopic (exact) mass is 628 g/mol. The summed E-state index contributed by atoms with van der Waals surface area (Å²) >= 11 is 0. The van der Waals surface area contributed by atoms with Crippen molar-refractivity contribution in [3.63, 3.8) is 0 Å². The fourth-order valence-electron chi connectivity index (χ4n) is 5.20. The number of aromatic nitrogens is 1. The van der Waals surface area contributed by atoms with E-state index in [1.807, 2.05) is 146 Å². The Morgan fingerprint density at radius 1 is 0.333 bits per heavy atom. The Morgan fingerprint density at radius 2 is 0.646 bits per heavy atom. The second-order valence-corrected chi connectivity index (χ2v) is 11.1. The second kappa shape index (κ2) is 13.3. The van der Waals surface area contributed by atoms with Crippen LogP contribution in [0.25, 0.3) is 33.6 Å². The first-order valence-electron chi connectivity index (χ1n) is 15.4. The van der Waals surface area contributed by atoms with Crippen LogP contribution in [0.4, 0.5) is 17.1 Å². The molecule has 0 fully saturated rings. The average molecular weight is 629 g/mol. The van der Waals surface area contributed by atoms with Crippen molar-refractivity contribution in [3.05, 3.63) is 158 Å². The van der Waals surface area contributed by atoms with Gasteiger partial charge in [0.25, 0.3) is 0 Å². The maximum absolute atomic E-state index is 6.08. The van der Waals surface area contributed by atoms with E-state index in [4.69, 9.17) is 36.4 Å². The van der Waals surface area contributed by atoms with Gasteiger partial charge in [-0.15, -0.1) is 0 Å². The summed E-state index contributed by atoms with van der Waals surface area (Å²) in [5.41, 5.74) is 25.5. The van der Waals surface area contributed by atoms with Gasteiger partial charge in [0.2, 0.25) is 0 Å². The van der Waals surface area contributed by atoms with Gasteiger partial charge >= 0.3 is 0 Å². The van der Waals surface area contributed by atoms with Gasteiger partial charge in [0.05, 0.1) is 28.5 Å². The Labute approximate surface area is 278 Å². The molecule has 0 unspecified atom stereocenters. The first-order valence-corrected chi connectivity index (χ1v) is 15.4. The summed E-state index contributed by atoms with van der Waals surface area (Å²) in [6.07, 6.45) is 0. The van der Waals surface area contributed by atoms with Gasteiger partial charge in [0.15, 0.2) is 0 Å². The van der Waals surface area contributed by atoms with E-state index < -0.39 is 0 Å². The number of hydrogen-bond acceptors (Lipinski definition) is 7. The van der Waals surface area contributed by atoms with Crippen LogP contribution in [0.5, 0.6) is 34.5 Å². The lowest BCUT2D eigenvalue weighted by Gasteiger charge is -2.13. The van der Waals surface area contributed by atoms with Crippen molar-refractivity contribution in [2.45, 2.75) is 0 Å². The molecule has 7 rings (SSSR count). The predicted molar refractivity (Wildman–Crippen MR) is 193 cm³/mol. The van der Waals surface area contributed by atoms with Crippen molar-refractivity contribution in [3.8, 4) is 68.1 Å². The standard InChI is InChI=1S/C41H32N4O3/c42-34-7-1-4-10-39(34)46-31-19-13-27(14-20-31)30-25-37(28-15-21-32(22-16-28)47-40-11-5-2-8-35(40)43)45-38(26-30)29-17-23-33(24-18-29)48-41-12-6-3-9-36(41)44/h1-26H,42-44H2. The number of nitrogens with zero attached hydrogens (tertiary/aromatic N) is 1. The van der Waals surface area contributed by atoms with Gasteiger partial charge in [-0.25, -0.2) is 4.98 Å². The summed E-state index contributed by atoms with van der Waals surface area (Å²) in [6.45, 7) is 0. The van der Waals surface area contributed by atoms with Crippen molar-refractivity contribution < 1.29 is 14.2 Å². The fourth-order valence-corrected chi connectivity index (χ4v) is 5.20. The number of rotatable bonds is 9. The zero-order chi connectivity index (χ0) is 32.9. The molecule has 6 N–H and O–H groups in total. The van der Waals surface area contributed by atoms with Gasteiger partial charge in [-0.3, -0.25) is 0 Å². The lowest BCUT2D eigenvalue weighted by Crippen LogP contribution is -1.94. The molecule has 0 aliphatic carbocycles. The quantitative estimate of drug-likeness (QED) is 0.136. The van der Waals surface area contributed by atoms with Crippen LogP contribution in [0.1, 0.15) is 0 Å². The first kappa shape index (κ1) is 30.0. The highest BCUT2D eigenvalue weighted by atomic mass is 16.5. The molecule has 1 aromatic heterocycles. The summed E-state index contributed by atoms with van der Waals surface area (Å²) in [6, 6.07) is 50.0. The lowest BCUT2D eigenvalue weighted by atomic mass is 10.00. The summed E-state index contributed by atoms with van der Waals surface area (Å²) in [7, 11) is 0. The average Bonchev–Trinajstić information content (AvgIpc) is 3.12. The van der Waals surface area contributed by atoms with E-state index in [1.165, 1.54) is 0 Å². The number of anilines is 3. The van der Waals surface area contributed by atoms with Gasteiger partial charge in [-0.1, -0.05) is 48.5 Å². The smallest absolute Gasteiger partial charge is 0.150 e. The van der Waals surface area contributed by atoms with Crippen molar-refractivity contribution in [1.29, 1.82) is 0 Å². The summed E-state index contributed by atoms with van der Waals surface area (Å²) in [5.74, 6) is 3.88. The molecule has 0 saturated carbocycles. The van der Waals surface area contributed by atoms with Crippen LogP contribution in [0, 0.1) is 0 Å². The molecule has 0 bridgehead atoms. The van der Waals surface area contributed by atoms with Gasteiger partial charge in [0, 0.05) is 11.1 Å². The van der Waals surface area contributed by atoms with Crippen LogP contribution in [-0.2, 0) is 0 Å². The summed E-state index contributed by atoms with van der Waals surface area (Å²) < 4.78 is 18.1. The zero-order valence-corrected chi connectivity index (χ0v) is 25.9. The minimum Gasteiger partial charge on any atom is -0.455 e. The van der Waals surface area contributed by atoms with Gasteiger partial charge < -0.3 is 31.4 Å². The molecule has 7 nitrogen and oxygen atoms in total. The zero-order valence-electron chi connectivity index (χ0n) is 25.9. The minimum absolute atomic E-state index is 0.577. The third kappa shape index (κ3) is 6.76. The predicted octanol–water partition coefficient (Wildman–Crippen LogP) is 10.2. The Bertz CT molecular complexity index is 1920. The van der Waals surface area contributed by atoms with Crippen LogP contribution < -0.4 is 31.4 Å². The van der Waals surface area contributed by atoms with Gasteiger partial charge in [-0.2, -0.15) is 0 Å². The molecule has 0 radical (unpaired) electrons. The van der Waals surface area contributed by atoms with Crippen molar-refractivity contribution >= 4 is 17.1 Å². The largest absolute Gasteiger partial charge is 0.455 e. The third-order valence-electron chi connectivity index (χ3n) is 7.75. The molecule has 1 heterocycles. The molecule has 7 heteroatoms. The molecular weight excluding hydrogens is 596 g/mol. The highest BCUT2D eigenvalue weighted by Gasteiger charge is 2.12. The lowest BCUT2D eigenvalue weighted by molar-refractivity contribution is 0.485. The normalized spacial score (nSPS) is 10.8. The second-order valence-electron chi connectivity index (χ2n) is 11.1. The van der Waals surface area contributed by atoms with Crippen LogP contribution >= 0.6 is 0 Å². The number of pyridine rings is 1. The molecule has 0 aliphatic rings. The highest BCUT2D eigenvalue weighted by molar-refractivity contribution is 5.77. The van der Waals surface area contributed by atoms with Crippen molar-refractivity contribution in [2.24, 2.45) is 0 Å². The molecule has 48 heavy (non-hydrogen) atoms. The molecule has 0 amide bonds. The van der Waals surface area contributed by atoms with E-state index in [-0.39, 0.29) is 0 Å². The first-order chi connectivity index (χ1) is 23.5. The van der Waals surface area contributed by atoms with E-state index in [0.29, 0.717) is 51.6 Å². The van der Waals surface area contributed by atoms with Crippen LogP contribution in [0.15, 0.2) is 158 Å². The van der Waals surface area contributed by atoms with E-state index in [1.54, 1.807) is 0 Å². The maximum atomic E-state index is 6.08. The van der Waals surface area contributed by atoms with Gasteiger partial charge in [0.1, 0.15) is 34.5 Å². The van der Waals surface area contributed by atoms with Crippen molar-refractivity contribution in [1.82, 2.24) is 4.98 Å². The highest BCUT2D eigenvalue weighted by Crippen LogP contribution is 2.35. The topological polar surface area (TPSA) is 119 Å². The molecule has 0 saturated heterocycles. The van der Waals surface area contributed by atoms with E-state index in [9.17, 15) is 0 Å². The molecule has 0 aliphatic heterocycles. The van der Waals surface area contributed by atoms with E-state index >= 15 is 0 Å². The van der Waals surface area contributed by atoms with Crippen molar-refractivity contribution in [2.75, 3.05) is 17.2 Å². The Kier molecular flexibility index (Phi) is 8.31. The Hall–Kier alpha value is -6.73. The molecule has 7 aromatic rings. The SMILES string of the molecule is Nc1ccccc1Oc1ccc(-c2cc(-c3ccc(Oc4ccccc4N)cc3)nc(-c3ccc(Oc4ccccc4N)cc3)c2)cc1. The number of para-hydroxylation sites is 6. The Morgan fingerprint density at radius 3 is 0.979 bits per heavy atom. The summed E-state index contributed by atoms with van der Waals surface area (Å²) in [4.78, 5) is 5.08. The number of ether oxygens (including phenoxy) is 3. The van der Waals surface area contributed by atoms with Crippen LogP contribution in [0.3, 0.4) is 0 Å². The van der Waals surface area contributed by atoms with Gasteiger partial charge in [-0.05, 0) is 120 Å². The van der Waals surface area contributed by atoms with Crippen LogP contribution in [0.2, 0.25) is 0 Å². The number of nitrogens with two attached hydrogens (primary N) is 3. The third-order valence-corrected chi connectivity index (χ3v) is 7.75. The molecule has 6 aromatic carbocycles. The summed E-state index contributed by atoms with van der Waals surface area (Å²) in [5, 5.41) is 0. The number of nitrogen functional groups attached to an aromatic ring is 3. The number of benzene rings is 6. The minimum atomic E-state index is 0.577. The number of hydrogen-bond donors (Lipinski definition) is 3. The molecule has 0 atom stereocenters. The molecule has 0 spiro atoms. The van der Waals surface area contributed by atoms with E-state index in [0.717, 1.165) is 33.6 Å². The molecular formula is C41H32N4O3. The Balaban J connectivity index is 1.21. The van der Waals surface area contributed by atoms with Crippen LogP contribution in [-0.4, -0.2) is 4.98 Å². The van der Waals surface area contributed by atoms with E-state index in [2.05, 4.69) is 12.1 Å². The fraction of sp³-hybridized carbons (Fsp3) is 0. The molecule has 234 valence electrons.